The number of anilines is 2. The highest BCUT2D eigenvalue weighted by Crippen LogP contribution is 2.30. The Bertz CT molecular complexity index is 853. The Morgan fingerprint density at radius 3 is 2.20 bits per heavy atom. The fraction of sp³-hybridized carbons (Fsp3) is 0.200. The molecule has 2 aromatic rings. The number of ether oxygens (including phenoxy) is 1. The summed E-state index contributed by atoms with van der Waals surface area (Å²) in [4.78, 5) is 1.47. The van der Waals surface area contributed by atoms with Gasteiger partial charge in [0.15, 0.2) is 0 Å². The molecule has 0 saturated carbocycles. The Hall–Kier alpha value is -2.13. The fourth-order valence-electron chi connectivity index (χ4n) is 2.00. The maximum absolute atomic E-state index is 12.4. The first kappa shape index (κ1) is 19.2. The van der Waals surface area contributed by atoms with Gasteiger partial charge in [-0.1, -0.05) is 11.6 Å². The summed E-state index contributed by atoms with van der Waals surface area (Å²) in [6.45, 7) is 0. The molecular weight excluding hydrogens is 381 g/mol. The van der Waals surface area contributed by atoms with Gasteiger partial charge >= 0.3 is 6.36 Å². The van der Waals surface area contributed by atoms with E-state index in [2.05, 4.69) is 9.46 Å². The lowest BCUT2D eigenvalue weighted by Crippen LogP contribution is -2.18. The van der Waals surface area contributed by atoms with Crippen molar-refractivity contribution in [3.8, 4) is 5.75 Å². The van der Waals surface area contributed by atoms with E-state index >= 15 is 0 Å². The van der Waals surface area contributed by atoms with Crippen LogP contribution in [0.2, 0.25) is 5.02 Å². The minimum Gasteiger partial charge on any atom is -0.406 e. The molecule has 0 amide bonds. The van der Waals surface area contributed by atoms with Gasteiger partial charge in [-0.15, -0.1) is 13.2 Å². The quantitative estimate of drug-likeness (QED) is 0.829. The molecule has 0 heterocycles. The molecule has 0 bridgehead atoms. The van der Waals surface area contributed by atoms with Crippen molar-refractivity contribution in [2.24, 2.45) is 0 Å². The Labute approximate surface area is 148 Å². The van der Waals surface area contributed by atoms with Crippen LogP contribution in [-0.4, -0.2) is 28.9 Å². The summed E-state index contributed by atoms with van der Waals surface area (Å²) in [7, 11) is -0.566. The standard InChI is InChI=1S/C15H14ClF3N2O3S/c1-21(2)14-8-3-10(16)9-13(14)20-25(22,23)12-6-4-11(5-7-12)24-15(17,18)19/h3-9,20H,1-2H3. The van der Waals surface area contributed by atoms with Gasteiger partial charge in [0, 0.05) is 19.1 Å². The molecule has 0 spiro atoms. The third kappa shape index (κ3) is 5.17. The van der Waals surface area contributed by atoms with Crippen LogP contribution in [-0.2, 0) is 10.0 Å². The number of hydrogen-bond donors (Lipinski definition) is 1. The van der Waals surface area contributed by atoms with E-state index in [4.69, 9.17) is 11.6 Å². The number of nitrogens with one attached hydrogen (secondary N) is 1. The molecule has 0 atom stereocenters. The maximum Gasteiger partial charge on any atom is 0.573 e. The highest BCUT2D eigenvalue weighted by molar-refractivity contribution is 7.92. The second kappa shape index (κ2) is 7.01. The van der Waals surface area contributed by atoms with E-state index in [0.717, 1.165) is 24.3 Å². The molecule has 2 rings (SSSR count). The first-order chi connectivity index (χ1) is 11.5. The van der Waals surface area contributed by atoms with Crippen molar-refractivity contribution in [3.63, 3.8) is 0 Å². The molecule has 0 aromatic heterocycles. The lowest BCUT2D eigenvalue weighted by Gasteiger charge is -2.19. The summed E-state index contributed by atoms with van der Waals surface area (Å²) in [5, 5.41) is 0.331. The normalized spacial score (nSPS) is 11.9. The third-order valence-corrected chi connectivity index (χ3v) is 4.67. The van der Waals surface area contributed by atoms with Crippen molar-refractivity contribution in [2.45, 2.75) is 11.3 Å². The molecule has 0 aliphatic rings. The van der Waals surface area contributed by atoms with Crippen molar-refractivity contribution in [2.75, 3.05) is 23.7 Å². The molecule has 5 nitrogen and oxygen atoms in total. The smallest absolute Gasteiger partial charge is 0.406 e. The van der Waals surface area contributed by atoms with Gasteiger partial charge in [0.2, 0.25) is 0 Å². The predicted molar refractivity (Wildman–Crippen MR) is 89.7 cm³/mol. The first-order valence-corrected chi connectivity index (χ1v) is 8.69. The molecule has 1 N–H and O–H groups in total. The van der Waals surface area contributed by atoms with Crippen LogP contribution in [0.15, 0.2) is 47.4 Å². The van der Waals surface area contributed by atoms with Gasteiger partial charge in [-0.05, 0) is 42.5 Å². The van der Waals surface area contributed by atoms with E-state index in [1.165, 1.54) is 6.07 Å². The van der Waals surface area contributed by atoms with Gasteiger partial charge in [-0.25, -0.2) is 8.42 Å². The summed E-state index contributed by atoms with van der Waals surface area (Å²) in [6.07, 6.45) is -4.85. The minimum atomic E-state index is -4.85. The number of sulfonamides is 1. The van der Waals surface area contributed by atoms with Gasteiger partial charge in [0.1, 0.15) is 5.75 Å². The molecule has 10 heteroatoms. The van der Waals surface area contributed by atoms with E-state index < -0.39 is 22.1 Å². The monoisotopic (exact) mass is 394 g/mol. The summed E-state index contributed by atoms with van der Waals surface area (Å²) in [6, 6.07) is 8.57. The van der Waals surface area contributed by atoms with E-state index in [1.54, 1.807) is 31.1 Å². The molecule has 0 fully saturated rings. The van der Waals surface area contributed by atoms with Gasteiger partial charge < -0.3 is 9.64 Å². The predicted octanol–water partition coefficient (Wildman–Crippen LogP) is 4.11. The van der Waals surface area contributed by atoms with E-state index in [-0.39, 0.29) is 10.6 Å². The second-order valence-corrected chi connectivity index (χ2v) is 7.30. The van der Waals surface area contributed by atoms with Crippen molar-refractivity contribution in [1.29, 1.82) is 0 Å². The molecule has 0 radical (unpaired) electrons. The summed E-state index contributed by atoms with van der Waals surface area (Å²) < 4.78 is 67.4. The Morgan fingerprint density at radius 1 is 1.08 bits per heavy atom. The second-order valence-electron chi connectivity index (χ2n) is 5.18. The van der Waals surface area contributed by atoms with Crippen molar-refractivity contribution in [3.05, 3.63) is 47.5 Å². The number of nitrogens with zero attached hydrogens (tertiary/aromatic N) is 1. The van der Waals surface area contributed by atoms with Crippen LogP contribution < -0.4 is 14.4 Å². The van der Waals surface area contributed by atoms with Crippen molar-refractivity contribution in [1.82, 2.24) is 0 Å². The molecule has 2 aromatic carbocycles. The molecular formula is C15H14ClF3N2O3S. The van der Waals surface area contributed by atoms with Crippen molar-refractivity contribution >= 4 is 33.0 Å². The Kier molecular flexibility index (Phi) is 5.38. The minimum absolute atomic E-state index is 0.216. The van der Waals surface area contributed by atoms with Crippen LogP contribution in [0.25, 0.3) is 0 Å². The lowest BCUT2D eigenvalue weighted by molar-refractivity contribution is -0.274. The van der Waals surface area contributed by atoms with Crippen LogP contribution in [0.3, 0.4) is 0 Å². The molecule has 0 unspecified atom stereocenters. The number of halogens is 4. The highest BCUT2D eigenvalue weighted by Gasteiger charge is 2.31. The maximum atomic E-state index is 12.4. The van der Waals surface area contributed by atoms with E-state index in [0.29, 0.717) is 10.7 Å². The van der Waals surface area contributed by atoms with Gasteiger partial charge in [-0.3, -0.25) is 4.72 Å². The zero-order valence-corrected chi connectivity index (χ0v) is 14.7. The van der Waals surface area contributed by atoms with E-state index in [1.807, 2.05) is 0 Å². The largest absolute Gasteiger partial charge is 0.573 e. The fourth-order valence-corrected chi connectivity index (χ4v) is 3.24. The summed E-state index contributed by atoms with van der Waals surface area (Å²) in [5.41, 5.74) is 0.818. The van der Waals surface area contributed by atoms with Crippen LogP contribution in [0.1, 0.15) is 0 Å². The topological polar surface area (TPSA) is 58.6 Å². The molecule has 0 saturated heterocycles. The van der Waals surface area contributed by atoms with Crippen LogP contribution in [0, 0.1) is 0 Å². The van der Waals surface area contributed by atoms with Gasteiger partial charge in [-0.2, -0.15) is 0 Å². The van der Waals surface area contributed by atoms with Crippen LogP contribution in [0.4, 0.5) is 24.5 Å². The molecule has 136 valence electrons. The molecule has 0 aliphatic carbocycles. The average Bonchev–Trinajstić information content (AvgIpc) is 2.45. The summed E-state index contributed by atoms with van der Waals surface area (Å²) >= 11 is 5.90. The third-order valence-electron chi connectivity index (χ3n) is 3.05. The number of hydrogen-bond acceptors (Lipinski definition) is 4. The average molecular weight is 395 g/mol. The number of alkyl halides is 3. The van der Waals surface area contributed by atoms with E-state index in [9.17, 15) is 21.6 Å². The zero-order valence-electron chi connectivity index (χ0n) is 13.1. The molecule has 25 heavy (non-hydrogen) atoms. The summed E-state index contributed by atoms with van der Waals surface area (Å²) in [5.74, 6) is -0.511. The van der Waals surface area contributed by atoms with Crippen LogP contribution >= 0.6 is 11.6 Å². The number of benzene rings is 2. The van der Waals surface area contributed by atoms with Crippen molar-refractivity contribution < 1.29 is 26.3 Å². The highest BCUT2D eigenvalue weighted by atomic mass is 35.5. The Balaban J connectivity index is 2.30. The van der Waals surface area contributed by atoms with Crippen LogP contribution in [0.5, 0.6) is 5.75 Å². The molecule has 0 aliphatic heterocycles. The first-order valence-electron chi connectivity index (χ1n) is 6.83. The number of rotatable bonds is 5. The SMILES string of the molecule is CN(C)c1ccc(Cl)cc1NS(=O)(=O)c1ccc(OC(F)(F)F)cc1. The Morgan fingerprint density at radius 2 is 1.68 bits per heavy atom. The zero-order chi connectivity index (χ0) is 18.8. The van der Waals surface area contributed by atoms with Gasteiger partial charge in [0.25, 0.3) is 10.0 Å². The lowest BCUT2D eigenvalue weighted by atomic mass is 10.2. The van der Waals surface area contributed by atoms with Gasteiger partial charge in [0.05, 0.1) is 16.3 Å².